The van der Waals surface area contributed by atoms with Gasteiger partial charge in [0.25, 0.3) is 0 Å². The molecule has 0 radical (unpaired) electrons. The standard InChI is InChI=1S/C16H20N2O2/c1-13-3-4-15(14(11-13)12-17)18-7-5-16(6-8-18)19-9-2-10-20-16/h3-4,11H,2,5-10H2,1H3. The number of anilines is 1. The Bertz CT molecular complexity index is 520. The Balaban J connectivity index is 1.73. The SMILES string of the molecule is Cc1ccc(N2CCC3(CC2)OCCCO3)c(C#N)c1. The molecule has 0 aromatic heterocycles. The molecule has 1 aromatic carbocycles. The van der Waals surface area contributed by atoms with Crippen LogP contribution in [0, 0.1) is 18.3 Å². The number of piperidine rings is 1. The van der Waals surface area contributed by atoms with Crippen LogP contribution in [0.25, 0.3) is 0 Å². The second-order valence-electron chi connectivity index (χ2n) is 5.58. The van der Waals surface area contributed by atoms with E-state index in [9.17, 15) is 5.26 Å². The summed E-state index contributed by atoms with van der Waals surface area (Å²) >= 11 is 0. The van der Waals surface area contributed by atoms with Gasteiger partial charge in [-0.2, -0.15) is 5.26 Å². The largest absolute Gasteiger partial charge is 0.370 e. The molecule has 2 aliphatic heterocycles. The molecule has 1 spiro atoms. The number of hydrogen-bond donors (Lipinski definition) is 0. The molecule has 4 nitrogen and oxygen atoms in total. The van der Waals surface area contributed by atoms with E-state index in [1.165, 1.54) is 0 Å². The fourth-order valence-corrected chi connectivity index (χ4v) is 3.01. The van der Waals surface area contributed by atoms with Gasteiger partial charge < -0.3 is 14.4 Å². The van der Waals surface area contributed by atoms with Crippen molar-refractivity contribution in [3.05, 3.63) is 29.3 Å². The van der Waals surface area contributed by atoms with Gasteiger partial charge in [-0.25, -0.2) is 0 Å². The predicted octanol–water partition coefficient (Wildman–Crippen LogP) is 2.60. The van der Waals surface area contributed by atoms with Crippen molar-refractivity contribution in [1.29, 1.82) is 5.26 Å². The van der Waals surface area contributed by atoms with Gasteiger partial charge in [0.2, 0.25) is 0 Å². The third kappa shape index (κ3) is 2.52. The molecule has 2 heterocycles. The highest BCUT2D eigenvalue weighted by Gasteiger charge is 2.38. The number of hydrogen-bond acceptors (Lipinski definition) is 4. The maximum atomic E-state index is 9.29. The Labute approximate surface area is 119 Å². The molecule has 0 saturated carbocycles. The molecular formula is C16H20N2O2. The second-order valence-corrected chi connectivity index (χ2v) is 5.58. The van der Waals surface area contributed by atoms with Crippen LogP contribution in [-0.2, 0) is 9.47 Å². The van der Waals surface area contributed by atoms with Gasteiger partial charge in [0.05, 0.1) is 24.5 Å². The summed E-state index contributed by atoms with van der Waals surface area (Å²) in [5, 5.41) is 9.29. The summed E-state index contributed by atoms with van der Waals surface area (Å²) in [4.78, 5) is 2.27. The van der Waals surface area contributed by atoms with E-state index in [0.717, 1.165) is 62.4 Å². The van der Waals surface area contributed by atoms with E-state index in [-0.39, 0.29) is 5.79 Å². The lowest BCUT2D eigenvalue weighted by atomic mass is 10.0. The van der Waals surface area contributed by atoms with E-state index < -0.39 is 0 Å². The summed E-state index contributed by atoms with van der Waals surface area (Å²) in [5.41, 5.74) is 2.91. The number of aryl methyl sites for hydroxylation is 1. The molecule has 4 heteroatoms. The van der Waals surface area contributed by atoms with Crippen LogP contribution in [0.1, 0.15) is 30.4 Å². The third-order valence-electron chi connectivity index (χ3n) is 4.16. The minimum atomic E-state index is -0.369. The summed E-state index contributed by atoms with van der Waals surface area (Å²) in [6.07, 6.45) is 2.72. The predicted molar refractivity (Wildman–Crippen MR) is 76.6 cm³/mol. The lowest BCUT2D eigenvalue weighted by molar-refractivity contribution is -0.275. The van der Waals surface area contributed by atoms with Gasteiger partial charge >= 0.3 is 0 Å². The normalized spacial score (nSPS) is 21.7. The molecule has 0 unspecified atom stereocenters. The van der Waals surface area contributed by atoms with Crippen molar-refractivity contribution in [2.45, 2.75) is 32.0 Å². The zero-order valence-electron chi connectivity index (χ0n) is 11.9. The molecule has 3 rings (SSSR count). The minimum Gasteiger partial charge on any atom is -0.370 e. The van der Waals surface area contributed by atoms with Crippen LogP contribution < -0.4 is 4.90 Å². The maximum absolute atomic E-state index is 9.29. The van der Waals surface area contributed by atoms with E-state index in [4.69, 9.17) is 9.47 Å². The fraction of sp³-hybridized carbons (Fsp3) is 0.562. The van der Waals surface area contributed by atoms with Crippen LogP contribution in [0.3, 0.4) is 0 Å². The number of benzene rings is 1. The van der Waals surface area contributed by atoms with E-state index in [1.807, 2.05) is 13.0 Å². The van der Waals surface area contributed by atoms with Crippen molar-refractivity contribution in [3.63, 3.8) is 0 Å². The first-order chi connectivity index (χ1) is 9.72. The molecular weight excluding hydrogens is 252 g/mol. The summed E-state index contributed by atoms with van der Waals surface area (Å²) in [5.74, 6) is -0.369. The van der Waals surface area contributed by atoms with Gasteiger partial charge in [-0.05, 0) is 31.0 Å². The molecule has 2 fully saturated rings. The molecule has 0 amide bonds. The van der Waals surface area contributed by atoms with Crippen LogP contribution in [-0.4, -0.2) is 32.1 Å². The van der Waals surface area contributed by atoms with Crippen molar-refractivity contribution >= 4 is 5.69 Å². The van der Waals surface area contributed by atoms with Crippen LogP contribution in [0.2, 0.25) is 0 Å². The van der Waals surface area contributed by atoms with E-state index >= 15 is 0 Å². The Hall–Kier alpha value is -1.57. The molecule has 2 aliphatic rings. The average molecular weight is 272 g/mol. The van der Waals surface area contributed by atoms with E-state index in [1.54, 1.807) is 0 Å². The van der Waals surface area contributed by atoms with Crippen LogP contribution in [0.15, 0.2) is 18.2 Å². The van der Waals surface area contributed by atoms with Crippen molar-refractivity contribution in [2.24, 2.45) is 0 Å². The van der Waals surface area contributed by atoms with E-state index in [0.29, 0.717) is 0 Å². The number of rotatable bonds is 1. The monoisotopic (exact) mass is 272 g/mol. The number of ether oxygens (including phenoxy) is 2. The Kier molecular flexibility index (Phi) is 3.64. The summed E-state index contributed by atoms with van der Waals surface area (Å²) in [6, 6.07) is 8.37. The molecule has 0 N–H and O–H groups in total. The van der Waals surface area contributed by atoms with Gasteiger partial charge in [-0.3, -0.25) is 0 Å². The topological polar surface area (TPSA) is 45.5 Å². The highest BCUT2D eigenvalue weighted by Crippen LogP contribution is 2.33. The highest BCUT2D eigenvalue weighted by atomic mass is 16.7. The van der Waals surface area contributed by atoms with Crippen molar-refractivity contribution in [1.82, 2.24) is 0 Å². The van der Waals surface area contributed by atoms with E-state index in [2.05, 4.69) is 23.1 Å². The fourth-order valence-electron chi connectivity index (χ4n) is 3.01. The molecule has 106 valence electrons. The zero-order chi connectivity index (χ0) is 14.0. The van der Waals surface area contributed by atoms with Crippen molar-refractivity contribution in [2.75, 3.05) is 31.2 Å². The van der Waals surface area contributed by atoms with Gasteiger partial charge in [-0.1, -0.05) is 6.07 Å². The minimum absolute atomic E-state index is 0.369. The smallest absolute Gasteiger partial charge is 0.171 e. The maximum Gasteiger partial charge on any atom is 0.171 e. The van der Waals surface area contributed by atoms with Gasteiger partial charge in [0, 0.05) is 25.9 Å². The molecule has 20 heavy (non-hydrogen) atoms. The summed E-state index contributed by atoms with van der Waals surface area (Å²) in [7, 11) is 0. The van der Waals surface area contributed by atoms with Crippen molar-refractivity contribution in [3.8, 4) is 6.07 Å². The first-order valence-electron chi connectivity index (χ1n) is 7.26. The lowest BCUT2D eigenvalue weighted by Gasteiger charge is -2.44. The summed E-state index contributed by atoms with van der Waals surface area (Å²) < 4.78 is 11.7. The zero-order valence-corrected chi connectivity index (χ0v) is 11.9. The highest BCUT2D eigenvalue weighted by molar-refractivity contribution is 5.60. The quantitative estimate of drug-likeness (QED) is 0.788. The molecule has 0 bridgehead atoms. The third-order valence-corrected chi connectivity index (χ3v) is 4.16. The average Bonchev–Trinajstić information content (AvgIpc) is 2.49. The van der Waals surface area contributed by atoms with Crippen LogP contribution in [0.5, 0.6) is 0 Å². The summed E-state index contributed by atoms with van der Waals surface area (Å²) in [6.45, 7) is 5.36. The van der Waals surface area contributed by atoms with Crippen molar-refractivity contribution < 1.29 is 9.47 Å². The molecule has 0 aliphatic carbocycles. The van der Waals surface area contributed by atoms with Gasteiger partial charge in [0.15, 0.2) is 5.79 Å². The van der Waals surface area contributed by atoms with Gasteiger partial charge in [-0.15, -0.1) is 0 Å². The lowest BCUT2D eigenvalue weighted by Crippen LogP contribution is -2.50. The first kappa shape index (κ1) is 13.4. The molecule has 1 aromatic rings. The first-order valence-corrected chi connectivity index (χ1v) is 7.26. The Morgan fingerprint density at radius 3 is 2.55 bits per heavy atom. The molecule has 2 saturated heterocycles. The molecule has 0 atom stereocenters. The Morgan fingerprint density at radius 2 is 1.90 bits per heavy atom. The van der Waals surface area contributed by atoms with Crippen LogP contribution >= 0.6 is 0 Å². The Morgan fingerprint density at radius 1 is 1.20 bits per heavy atom. The number of nitriles is 1. The van der Waals surface area contributed by atoms with Crippen LogP contribution in [0.4, 0.5) is 5.69 Å². The van der Waals surface area contributed by atoms with Gasteiger partial charge in [0.1, 0.15) is 6.07 Å². The second kappa shape index (κ2) is 5.43. The number of nitrogens with zero attached hydrogens (tertiary/aromatic N) is 2.